The van der Waals surface area contributed by atoms with Crippen LogP contribution in [0.2, 0.25) is 0 Å². The molecule has 0 aliphatic heterocycles. The summed E-state index contributed by atoms with van der Waals surface area (Å²) in [4.78, 5) is 22.3. The number of aliphatic hydroxyl groups is 1. The number of hydrogen-bond acceptors (Lipinski definition) is 3. The molecule has 3 N–H and O–H groups in total. The fourth-order valence-corrected chi connectivity index (χ4v) is 2.81. The molecular formula is C21H41NO4Sr. The van der Waals surface area contributed by atoms with Crippen LogP contribution in [0.25, 0.3) is 0 Å². The second kappa shape index (κ2) is 22.4. The Hall–Kier alpha value is 0.121. The molecule has 0 rings (SSSR count). The van der Waals surface area contributed by atoms with Crippen molar-refractivity contribution in [2.24, 2.45) is 0 Å². The van der Waals surface area contributed by atoms with Crippen molar-refractivity contribution in [2.45, 2.75) is 103 Å². The molecule has 0 saturated carbocycles. The Labute approximate surface area is 202 Å². The molecule has 0 aliphatic rings. The van der Waals surface area contributed by atoms with Crippen molar-refractivity contribution in [3.63, 3.8) is 0 Å². The van der Waals surface area contributed by atoms with Crippen molar-refractivity contribution in [2.75, 3.05) is 6.61 Å². The fraction of sp³-hybridized carbons (Fsp3) is 0.810. The predicted molar refractivity (Wildman–Crippen MR) is 115 cm³/mol. The van der Waals surface area contributed by atoms with E-state index >= 15 is 0 Å². The van der Waals surface area contributed by atoms with Gasteiger partial charge in [0.15, 0.2) is 0 Å². The number of rotatable bonds is 18. The molecule has 1 amide bonds. The molecular weight excluding hydrogens is 418 g/mol. The van der Waals surface area contributed by atoms with Gasteiger partial charge in [-0.25, -0.2) is 4.79 Å². The zero-order valence-electron chi connectivity index (χ0n) is 16.5. The van der Waals surface area contributed by atoms with Crippen LogP contribution in [-0.2, 0) is 9.59 Å². The Bertz CT molecular complexity index is 388. The van der Waals surface area contributed by atoms with Gasteiger partial charge in [0.2, 0.25) is 5.91 Å². The summed E-state index contributed by atoms with van der Waals surface area (Å²) < 4.78 is 0. The Kier molecular flexibility index (Phi) is 24.3. The molecule has 0 saturated heterocycles. The van der Waals surface area contributed by atoms with E-state index in [1.54, 1.807) is 0 Å². The molecule has 6 heteroatoms. The van der Waals surface area contributed by atoms with E-state index in [2.05, 4.69) is 24.4 Å². The molecule has 156 valence electrons. The quantitative estimate of drug-likeness (QED) is 0.166. The number of unbranched alkanes of at least 4 members (excludes halogenated alkanes) is 11. The minimum absolute atomic E-state index is 0. The number of carboxylic acids is 1. The molecule has 0 bridgehead atoms. The number of hydrogen-bond donors (Lipinski definition) is 3. The maximum atomic E-state index is 11.6. The second-order valence-corrected chi connectivity index (χ2v) is 6.98. The van der Waals surface area contributed by atoms with Gasteiger partial charge in [0.05, 0.1) is 6.61 Å². The van der Waals surface area contributed by atoms with E-state index in [0.717, 1.165) is 32.1 Å². The van der Waals surface area contributed by atoms with Gasteiger partial charge < -0.3 is 15.5 Å². The maximum absolute atomic E-state index is 11.6. The third-order valence-corrected chi connectivity index (χ3v) is 4.48. The van der Waals surface area contributed by atoms with Crippen LogP contribution in [0.5, 0.6) is 0 Å². The molecule has 0 aromatic heterocycles. The number of nitrogens with one attached hydrogen (secondary N) is 1. The number of aliphatic hydroxyl groups excluding tert-OH is 1. The van der Waals surface area contributed by atoms with Gasteiger partial charge in [-0.2, -0.15) is 0 Å². The summed E-state index contributed by atoms with van der Waals surface area (Å²) in [5.74, 6) is -1.51. The van der Waals surface area contributed by atoms with Crippen molar-refractivity contribution < 1.29 is 19.8 Å². The number of allylic oxidation sites excluding steroid dienone is 2. The van der Waals surface area contributed by atoms with E-state index in [9.17, 15) is 9.59 Å². The van der Waals surface area contributed by atoms with Gasteiger partial charge in [0.1, 0.15) is 6.04 Å². The first-order chi connectivity index (χ1) is 12.6. The first-order valence-electron chi connectivity index (χ1n) is 10.4. The van der Waals surface area contributed by atoms with Crippen LogP contribution in [0.15, 0.2) is 12.2 Å². The van der Waals surface area contributed by atoms with Gasteiger partial charge >= 0.3 is 51.5 Å². The van der Waals surface area contributed by atoms with Crippen LogP contribution in [0.1, 0.15) is 96.8 Å². The minimum atomic E-state index is -1.20. The first-order valence-corrected chi connectivity index (χ1v) is 10.4. The van der Waals surface area contributed by atoms with E-state index < -0.39 is 18.6 Å². The van der Waals surface area contributed by atoms with Gasteiger partial charge in [-0.05, 0) is 32.1 Å². The van der Waals surface area contributed by atoms with Gasteiger partial charge in [-0.1, -0.05) is 70.4 Å². The Balaban J connectivity index is 0. The van der Waals surface area contributed by atoms with Crippen LogP contribution < -0.4 is 5.32 Å². The van der Waals surface area contributed by atoms with Crippen molar-refractivity contribution in [3.05, 3.63) is 12.2 Å². The normalized spacial score (nSPS) is 11.9. The summed E-state index contributed by atoms with van der Waals surface area (Å²) in [5, 5.41) is 19.9. The van der Waals surface area contributed by atoms with E-state index in [-0.39, 0.29) is 51.4 Å². The monoisotopic (exact) mass is 459 g/mol. The number of carbonyl (C=O) groups excluding carboxylic acids is 1. The molecule has 0 aliphatic carbocycles. The second-order valence-electron chi connectivity index (χ2n) is 6.98. The summed E-state index contributed by atoms with van der Waals surface area (Å²) in [6, 6.07) is -1.19. The predicted octanol–water partition coefficient (Wildman–Crippen LogP) is 3.67. The van der Waals surface area contributed by atoms with Crippen LogP contribution in [0.4, 0.5) is 0 Å². The third kappa shape index (κ3) is 20.7. The SMILES string of the molecule is CCCCCCCC/C=C\CCCCCCCC(=O)N[C@@H](CO)C(=O)O.[SrH2]. The fourth-order valence-electron chi connectivity index (χ4n) is 2.81. The molecule has 0 spiro atoms. The molecule has 0 fully saturated rings. The molecule has 0 radical (unpaired) electrons. The molecule has 0 aromatic carbocycles. The first kappa shape index (κ1) is 29.3. The van der Waals surface area contributed by atoms with E-state index in [0.29, 0.717) is 6.42 Å². The Morgan fingerprint density at radius 3 is 1.81 bits per heavy atom. The molecule has 0 unspecified atom stereocenters. The van der Waals surface area contributed by atoms with Gasteiger partial charge in [-0.3, -0.25) is 4.79 Å². The average molecular weight is 459 g/mol. The Morgan fingerprint density at radius 2 is 1.33 bits per heavy atom. The number of aliphatic carboxylic acids is 1. The zero-order chi connectivity index (χ0) is 19.5. The molecule has 0 aromatic rings. The number of carbonyl (C=O) groups is 2. The summed E-state index contributed by atoms with van der Waals surface area (Å²) in [7, 11) is 0. The van der Waals surface area contributed by atoms with Crippen molar-refractivity contribution >= 4 is 57.4 Å². The Morgan fingerprint density at radius 1 is 0.852 bits per heavy atom. The molecule has 1 atom stereocenters. The summed E-state index contributed by atoms with van der Waals surface area (Å²) in [6.07, 6.45) is 20.5. The number of carboxylic acid groups (broad SMARTS) is 1. The van der Waals surface area contributed by atoms with Gasteiger partial charge in [0.25, 0.3) is 0 Å². The number of amides is 1. The van der Waals surface area contributed by atoms with Crippen LogP contribution >= 0.6 is 0 Å². The van der Waals surface area contributed by atoms with Crippen LogP contribution in [0, 0.1) is 0 Å². The van der Waals surface area contributed by atoms with Crippen molar-refractivity contribution in [3.8, 4) is 0 Å². The third-order valence-electron chi connectivity index (χ3n) is 4.48. The van der Waals surface area contributed by atoms with E-state index in [4.69, 9.17) is 10.2 Å². The average Bonchev–Trinajstić information content (AvgIpc) is 2.62. The van der Waals surface area contributed by atoms with E-state index in [1.165, 1.54) is 51.4 Å². The topological polar surface area (TPSA) is 86.6 Å². The summed E-state index contributed by atoms with van der Waals surface area (Å²) >= 11 is 0. The summed E-state index contributed by atoms with van der Waals surface area (Å²) in [6.45, 7) is 1.67. The van der Waals surface area contributed by atoms with E-state index in [1.807, 2.05) is 0 Å². The molecule has 27 heavy (non-hydrogen) atoms. The summed E-state index contributed by atoms with van der Waals surface area (Å²) in [5.41, 5.74) is 0. The van der Waals surface area contributed by atoms with Crippen molar-refractivity contribution in [1.82, 2.24) is 5.32 Å². The molecule has 5 nitrogen and oxygen atoms in total. The van der Waals surface area contributed by atoms with Gasteiger partial charge in [-0.15, -0.1) is 0 Å². The van der Waals surface area contributed by atoms with Gasteiger partial charge in [0, 0.05) is 6.42 Å². The molecule has 0 heterocycles. The standard InChI is InChI=1S/C21H39NO4.Sr.2H/c1-2-3-4-5-6-7-8-9-10-11-12-13-14-15-16-17-20(24)22-19(18-23)21(25)26;;;/h9-10,19,23H,2-8,11-18H2,1H3,(H,22,24)(H,25,26);;;/b10-9-;;;/t19-;;;/m0.../s1. The van der Waals surface area contributed by atoms with Crippen LogP contribution in [0.3, 0.4) is 0 Å². The van der Waals surface area contributed by atoms with Crippen molar-refractivity contribution in [1.29, 1.82) is 0 Å². The van der Waals surface area contributed by atoms with Crippen LogP contribution in [-0.4, -0.2) is 80.2 Å². The zero-order valence-corrected chi connectivity index (χ0v) is 16.5.